The highest BCUT2D eigenvalue weighted by Crippen LogP contribution is 2.28. The molecule has 2 N–H and O–H groups in total. The Bertz CT molecular complexity index is 489. The van der Waals surface area contributed by atoms with Gasteiger partial charge in [0.25, 0.3) is 0 Å². The summed E-state index contributed by atoms with van der Waals surface area (Å²) in [5.41, 5.74) is 6.38. The minimum absolute atomic E-state index is 0.109. The third-order valence-corrected chi connectivity index (χ3v) is 2.94. The van der Waals surface area contributed by atoms with Gasteiger partial charge in [0.15, 0.2) is 0 Å². The van der Waals surface area contributed by atoms with E-state index in [0.29, 0.717) is 12.0 Å². The van der Waals surface area contributed by atoms with Crippen LogP contribution in [-0.2, 0) is 9.53 Å². The second kappa shape index (κ2) is 6.35. The van der Waals surface area contributed by atoms with Crippen molar-refractivity contribution >= 4 is 5.97 Å². The molecule has 0 fully saturated rings. The lowest BCUT2D eigenvalue weighted by atomic mass is 9.88. The molecule has 0 aromatic heterocycles. The Labute approximate surface area is 114 Å². The number of hydrogen-bond acceptors (Lipinski definition) is 4. The molecular weight excluding hydrogens is 240 g/mol. The summed E-state index contributed by atoms with van der Waals surface area (Å²) in [6.07, 6.45) is 0.674. The predicted molar refractivity (Wildman–Crippen MR) is 73.4 cm³/mol. The molecule has 102 valence electrons. The highest BCUT2D eigenvalue weighted by molar-refractivity contribution is 5.71. The Kier molecular flexibility index (Phi) is 5.08. The summed E-state index contributed by atoms with van der Waals surface area (Å²) in [5.74, 6) is -0.211. The van der Waals surface area contributed by atoms with Gasteiger partial charge in [-0.15, -0.1) is 0 Å². The molecule has 1 unspecified atom stereocenters. The van der Waals surface area contributed by atoms with E-state index in [1.54, 1.807) is 6.07 Å². The average molecular weight is 260 g/mol. The van der Waals surface area contributed by atoms with E-state index < -0.39 is 11.6 Å². The molecule has 0 aliphatic rings. The van der Waals surface area contributed by atoms with Crippen LogP contribution >= 0.6 is 0 Å². The zero-order valence-electron chi connectivity index (χ0n) is 11.6. The number of nitrogens with zero attached hydrogens (tertiary/aromatic N) is 1. The fraction of sp³-hybridized carbons (Fsp3) is 0.467. The first-order valence-corrected chi connectivity index (χ1v) is 6.30. The van der Waals surface area contributed by atoms with E-state index in [-0.39, 0.29) is 12.5 Å². The van der Waals surface area contributed by atoms with Gasteiger partial charge in [0.2, 0.25) is 0 Å². The number of hydrogen-bond donors (Lipinski definition) is 1. The molecule has 0 heterocycles. The standard InChI is InChI=1S/C15H20N2O2/c1-11(8-15(2,3)19-14(18)10-17)13-6-4-5-12(7-13)9-16/h4-7,11H,8,10,17H2,1-3H3. The lowest BCUT2D eigenvalue weighted by molar-refractivity contribution is -0.155. The number of carbonyl (C=O) groups is 1. The van der Waals surface area contributed by atoms with Crippen LogP contribution in [0.3, 0.4) is 0 Å². The van der Waals surface area contributed by atoms with Gasteiger partial charge in [-0.2, -0.15) is 5.26 Å². The number of rotatable bonds is 5. The Morgan fingerprint density at radius 2 is 2.21 bits per heavy atom. The van der Waals surface area contributed by atoms with Gasteiger partial charge in [-0.05, 0) is 43.9 Å². The van der Waals surface area contributed by atoms with E-state index in [9.17, 15) is 4.79 Å². The van der Waals surface area contributed by atoms with E-state index >= 15 is 0 Å². The first-order valence-electron chi connectivity index (χ1n) is 6.30. The van der Waals surface area contributed by atoms with Crippen LogP contribution in [0.4, 0.5) is 0 Å². The van der Waals surface area contributed by atoms with Crippen molar-refractivity contribution in [2.75, 3.05) is 6.54 Å². The summed E-state index contributed by atoms with van der Waals surface area (Å²) in [5, 5.41) is 8.89. The Balaban J connectivity index is 2.75. The average Bonchev–Trinajstić information content (AvgIpc) is 2.37. The first-order chi connectivity index (χ1) is 8.88. The van der Waals surface area contributed by atoms with Gasteiger partial charge in [-0.3, -0.25) is 4.79 Å². The van der Waals surface area contributed by atoms with Crippen LogP contribution in [-0.4, -0.2) is 18.1 Å². The van der Waals surface area contributed by atoms with E-state index in [4.69, 9.17) is 15.7 Å². The summed E-state index contributed by atoms with van der Waals surface area (Å²) in [6, 6.07) is 9.61. The van der Waals surface area contributed by atoms with Gasteiger partial charge in [-0.25, -0.2) is 0 Å². The number of nitrogens with two attached hydrogens (primary N) is 1. The lowest BCUT2D eigenvalue weighted by Crippen LogP contribution is -2.32. The van der Waals surface area contributed by atoms with Gasteiger partial charge in [0.05, 0.1) is 18.2 Å². The van der Waals surface area contributed by atoms with Gasteiger partial charge in [0.1, 0.15) is 5.60 Å². The number of benzene rings is 1. The van der Waals surface area contributed by atoms with Crippen molar-refractivity contribution < 1.29 is 9.53 Å². The maximum Gasteiger partial charge on any atom is 0.320 e. The molecule has 0 bridgehead atoms. The zero-order valence-corrected chi connectivity index (χ0v) is 11.6. The molecular formula is C15H20N2O2. The fourth-order valence-corrected chi connectivity index (χ4v) is 2.16. The molecule has 1 aromatic rings. The van der Waals surface area contributed by atoms with Crippen molar-refractivity contribution in [3.63, 3.8) is 0 Å². The van der Waals surface area contributed by atoms with Crippen molar-refractivity contribution in [1.29, 1.82) is 5.26 Å². The first kappa shape index (κ1) is 15.2. The lowest BCUT2D eigenvalue weighted by Gasteiger charge is -2.28. The molecule has 0 aliphatic heterocycles. The molecule has 1 atom stereocenters. The number of nitriles is 1. The third-order valence-electron chi connectivity index (χ3n) is 2.94. The van der Waals surface area contributed by atoms with Gasteiger partial charge >= 0.3 is 5.97 Å². The van der Waals surface area contributed by atoms with Crippen LogP contribution < -0.4 is 5.73 Å². The van der Waals surface area contributed by atoms with E-state index in [2.05, 4.69) is 13.0 Å². The molecule has 1 rings (SSSR count). The second-order valence-corrected chi connectivity index (χ2v) is 5.28. The molecule has 0 spiro atoms. The maximum absolute atomic E-state index is 11.3. The van der Waals surface area contributed by atoms with Crippen LogP contribution in [0.25, 0.3) is 0 Å². The summed E-state index contributed by atoms with van der Waals surface area (Å²) < 4.78 is 5.31. The molecule has 1 aromatic carbocycles. The highest BCUT2D eigenvalue weighted by atomic mass is 16.6. The van der Waals surface area contributed by atoms with Gasteiger partial charge in [-0.1, -0.05) is 19.1 Å². The van der Waals surface area contributed by atoms with Crippen LogP contribution in [0.2, 0.25) is 0 Å². The Hall–Kier alpha value is -1.86. The fourth-order valence-electron chi connectivity index (χ4n) is 2.16. The molecule has 0 saturated carbocycles. The SMILES string of the molecule is CC(CC(C)(C)OC(=O)CN)c1cccc(C#N)c1. The molecule has 19 heavy (non-hydrogen) atoms. The normalized spacial score (nSPS) is 12.6. The Morgan fingerprint density at radius 1 is 1.53 bits per heavy atom. The van der Waals surface area contributed by atoms with Crippen molar-refractivity contribution in [3.8, 4) is 6.07 Å². The molecule has 0 aliphatic carbocycles. The van der Waals surface area contributed by atoms with Crippen LogP contribution in [0.15, 0.2) is 24.3 Å². The van der Waals surface area contributed by atoms with Crippen molar-refractivity contribution in [1.82, 2.24) is 0 Å². The van der Waals surface area contributed by atoms with E-state index in [1.165, 1.54) is 0 Å². The molecule has 4 heteroatoms. The number of ether oxygens (including phenoxy) is 1. The highest BCUT2D eigenvalue weighted by Gasteiger charge is 2.25. The second-order valence-electron chi connectivity index (χ2n) is 5.28. The zero-order chi connectivity index (χ0) is 14.5. The van der Waals surface area contributed by atoms with Crippen molar-refractivity contribution in [2.24, 2.45) is 5.73 Å². The topological polar surface area (TPSA) is 76.1 Å². The van der Waals surface area contributed by atoms with E-state index in [1.807, 2.05) is 32.0 Å². The minimum Gasteiger partial charge on any atom is -0.459 e. The van der Waals surface area contributed by atoms with Gasteiger partial charge < -0.3 is 10.5 Å². The third kappa shape index (κ3) is 4.72. The van der Waals surface area contributed by atoms with E-state index in [0.717, 1.165) is 5.56 Å². The summed E-state index contributed by atoms with van der Waals surface area (Å²) >= 11 is 0. The number of esters is 1. The van der Waals surface area contributed by atoms with Crippen molar-refractivity contribution in [3.05, 3.63) is 35.4 Å². The van der Waals surface area contributed by atoms with Crippen LogP contribution in [0, 0.1) is 11.3 Å². The predicted octanol–water partition coefficient (Wildman–Crippen LogP) is 2.33. The summed E-state index contributed by atoms with van der Waals surface area (Å²) in [4.78, 5) is 11.3. The van der Waals surface area contributed by atoms with Gasteiger partial charge in [0, 0.05) is 0 Å². The number of carbonyl (C=O) groups excluding carboxylic acids is 1. The molecule has 0 radical (unpaired) electrons. The Morgan fingerprint density at radius 3 is 2.79 bits per heavy atom. The quantitative estimate of drug-likeness (QED) is 0.824. The molecule has 4 nitrogen and oxygen atoms in total. The monoisotopic (exact) mass is 260 g/mol. The van der Waals surface area contributed by atoms with Crippen molar-refractivity contribution in [2.45, 2.75) is 38.7 Å². The molecule has 0 saturated heterocycles. The summed E-state index contributed by atoms with van der Waals surface area (Å²) in [7, 11) is 0. The smallest absolute Gasteiger partial charge is 0.320 e. The van der Waals surface area contributed by atoms with Crippen LogP contribution in [0.1, 0.15) is 44.2 Å². The minimum atomic E-state index is -0.571. The maximum atomic E-state index is 11.3. The molecule has 0 amide bonds. The van der Waals surface area contributed by atoms with Crippen LogP contribution in [0.5, 0.6) is 0 Å². The largest absolute Gasteiger partial charge is 0.459 e. The summed E-state index contributed by atoms with van der Waals surface area (Å²) in [6.45, 7) is 5.67.